The maximum absolute atomic E-state index is 8.87. The molecule has 4 heteroatoms. The van der Waals surface area contributed by atoms with Gasteiger partial charge < -0.3 is 21.7 Å². The standard InChI is InChI=1S/2C5H13NO/c1-4(2)5(3,6)7;1-4(2)5(6)3-7/h4,7H,6H2,1-3H3;4-5,7H,3,6H2,1-2H3/t2*5-/m10/s1. The highest BCUT2D eigenvalue weighted by molar-refractivity contribution is 4.66. The minimum atomic E-state index is -1.00. The number of hydrogen-bond donors (Lipinski definition) is 4. The second-order valence-electron chi connectivity index (χ2n) is 4.47. The molecule has 0 unspecified atom stereocenters. The topological polar surface area (TPSA) is 92.5 Å². The van der Waals surface area contributed by atoms with E-state index in [9.17, 15) is 0 Å². The predicted molar refractivity (Wildman–Crippen MR) is 59.5 cm³/mol. The third-order valence-corrected chi connectivity index (χ3v) is 2.24. The fourth-order valence-electron chi connectivity index (χ4n) is 0.211. The first kappa shape index (κ1) is 16.3. The van der Waals surface area contributed by atoms with Crippen molar-refractivity contribution in [2.24, 2.45) is 23.3 Å². The van der Waals surface area contributed by atoms with Gasteiger partial charge in [0, 0.05) is 6.04 Å². The van der Waals surface area contributed by atoms with E-state index in [1.165, 1.54) is 0 Å². The van der Waals surface area contributed by atoms with Gasteiger partial charge in [-0.25, -0.2) is 0 Å². The van der Waals surface area contributed by atoms with Crippen LogP contribution in [0.3, 0.4) is 0 Å². The van der Waals surface area contributed by atoms with Gasteiger partial charge in [-0.15, -0.1) is 0 Å². The Bertz CT molecular complexity index is 131. The Balaban J connectivity index is 0. The normalized spacial score (nSPS) is 17.4. The van der Waals surface area contributed by atoms with Gasteiger partial charge in [-0.05, 0) is 18.8 Å². The second-order valence-corrected chi connectivity index (χ2v) is 4.47. The first-order valence-electron chi connectivity index (χ1n) is 5.00. The Morgan fingerprint density at radius 1 is 1.21 bits per heavy atom. The molecule has 0 aromatic rings. The third kappa shape index (κ3) is 9.92. The monoisotopic (exact) mass is 206 g/mol. The molecule has 0 bridgehead atoms. The van der Waals surface area contributed by atoms with Crippen LogP contribution in [0.25, 0.3) is 0 Å². The molecule has 0 aromatic heterocycles. The minimum absolute atomic E-state index is 0.0417. The number of aliphatic hydroxyl groups is 2. The summed E-state index contributed by atoms with van der Waals surface area (Å²) in [6, 6.07) is -0.0417. The van der Waals surface area contributed by atoms with Gasteiger partial charge in [0.05, 0.1) is 6.61 Å². The summed E-state index contributed by atoms with van der Waals surface area (Å²) in [6.45, 7) is 9.41. The van der Waals surface area contributed by atoms with E-state index in [2.05, 4.69) is 0 Å². The molecule has 0 aliphatic carbocycles. The molecule has 0 spiro atoms. The minimum Gasteiger partial charge on any atom is -0.395 e. The van der Waals surface area contributed by atoms with Crippen molar-refractivity contribution in [1.29, 1.82) is 0 Å². The average Bonchev–Trinajstić information content (AvgIpc) is 2.02. The van der Waals surface area contributed by atoms with Gasteiger partial charge in [0.25, 0.3) is 0 Å². The first-order chi connectivity index (χ1) is 6.12. The summed E-state index contributed by atoms with van der Waals surface area (Å²) in [5, 5.41) is 17.3. The van der Waals surface area contributed by atoms with E-state index in [1.807, 2.05) is 27.7 Å². The molecule has 0 saturated heterocycles. The molecule has 2 atom stereocenters. The molecular formula is C10H26N2O2. The van der Waals surface area contributed by atoms with E-state index >= 15 is 0 Å². The molecule has 0 heterocycles. The highest BCUT2D eigenvalue weighted by Crippen LogP contribution is 2.06. The third-order valence-electron chi connectivity index (χ3n) is 2.24. The maximum atomic E-state index is 8.87. The number of hydrogen-bond acceptors (Lipinski definition) is 4. The molecule has 0 aliphatic heterocycles. The van der Waals surface area contributed by atoms with Crippen LogP contribution in [0.2, 0.25) is 0 Å². The molecule has 4 nitrogen and oxygen atoms in total. The molecule has 0 amide bonds. The quantitative estimate of drug-likeness (QED) is 0.499. The number of rotatable bonds is 3. The van der Waals surface area contributed by atoms with E-state index < -0.39 is 5.72 Å². The van der Waals surface area contributed by atoms with Crippen molar-refractivity contribution in [3.05, 3.63) is 0 Å². The van der Waals surface area contributed by atoms with Crippen LogP contribution in [0.4, 0.5) is 0 Å². The first-order valence-corrected chi connectivity index (χ1v) is 5.00. The summed E-state index contributed by atoms with van der Waals surface area (Å²) in [4.78, 5) is 0. The Morgan fingerprint density at radius 3 is 1.50 bits per heavy atom. The van der Waals surface area contributed by atoms with Crippen molar-refractivity contribution in [3.63, 3.8) is 0 Å². The zero-order chi connectivity index (χ0) is 11.9. The highest BCUT2D eigenvalue weighted by atomic mass is 16.3. The maximum Gasteiger partial charge on any atom is 0.113 e. The van der Waals surface area contributed by atoms with E-state index in [0.717, 1.165) is 0 Å². The molecule has 6 N–H and O–H groups in total. The molecule has 0 rings (SSSR count). The lowest BCUT2D eigenvalue weighted by Gasteiger charge is -2.20. The van der Waals surface area contributed by atoms with Gasteiger partial charge in [-0.3, -0.25) is 0 Å². The zero-order valence-electron chi connectivity index (χ0n) is 9.99. The van der Waals surface area contributed by atoms with Crippen LogP contribution in [0.15, 0.2) is 0 Å². The van der Waals surface area contributed by atoms with Crippen molar-refractivity contribution >= 4 is 0 Å². The SMILES string of the molecule is CC(C)[C@@H](N)CO.CC(C)[C@](C)(N)O. The molecule has 0 radical (unpaired) electrons. The van der Waals surface area contributed by atoms with Crippen molar-refractivity contribution < 1.29 is 10.2 Å². The number of aliphatic hydroxyl groups excluding tert-OH is 1. The summed E-state index contributed by atoms with van der Waals surface area (Å²) in [5.74, 6) is 0.525. The van der Waals surface area contributed by atoms with Crippen LogP contribution < -0.4 is 11.5 Å². The van der Waals surface area contributed by atoms with Gasteiger partial charge in [-0.1, -0.05) is 27.7 Å². The molecular weight excluding hydrogens is 180 g/mol. The van der Waals surface area contributed by atoms with Crippen LogP contribution in [0, 0.1) is 11.8 Å². The summed E-state index contributed by atoms with van der Waals surface area (Å²) < 4.78 is 0. The summed E-state index contributed by atoms with van der Waals surface area (Å²) in [5.41, 5.74) is 9.60. The molecule has 0 saturated carbocycles. The fourth-order valence-corrected chi connectivity index (χ4v) is 0.211. The predicted octanol–water partition coefficient (Wildman–Crippen LogP) is 0.272. The smallest absolute Gasteiger partial charge is 0.113 e. The van der Waals surface area contributed by atoms with E-state index in [0.29, 0.717) is 5.92 Å². The number of nitrogens with two attached hydrogens (primary N) is 2. The summed E-state index contributed by atoms with van der Waals surface area (Å²) in [6.07, 6.45) is 0. The Labute approximate surface area is 87.3 Å². The average molecular weight is 206 g/mol. The van der Waals surface area contributed by atoms with Gasteiger partial charge in [0.15, 0.2) is 0 Å². The molecule has 0 aromatic carbocycles. The highest BCUT2D eigenvalue weighted by Gasteiger charge is 2.16. The van der Waals surface area contributed by atoms with Crippen LogP contribution >= 0.6 is 0 Å². The zero-order valence-corrected chi connectivity index (χ0v) is 9.99. The van der Waals surface area contributed by atoms with Gasteiger partial charge in [0.2, 0.25) is 0 Å². The lowest BCUT2D eigenvalue weighted by Crippen LogP contribution is -2.41. The lowest BCUT2D eigenvalue weighted by molar-refractivity contribution is 0.0200. The van der Waals surface area contributed by atoms with Crippen molar-refractivity contribution in [2.75, 3.05) is 6.61 Å². The largest absolute Gasteiger partial charge is 0.395 e. The van der Waals surface area contributed by atoms with Gasteiger partial charge >= 0.3 is 0 Å². The van der Waals surface area contributed by atoms with Crippen molar-refractivity contribution in [3.8, 4) is 0 Å². The Morgan fingerprint density at radius 2 is 1.50 bits per heavy atom. The van der Waals surface area contributed by atoms with Gasteiger partial charge in [-0.2, -0.15) is 0 Å². The second kappa shape index (κ2) is 7.17. The van der Waals surface area contributed by atoms with Crippen molar-refractivity contribution in [1.82, 2.24) is 0 Å². The molecule has 0 aliphatic rings. The Kier molecular flexibility index (Phi) is 8.34. The fraction of sp³-hybridized carbons (Fsp3) is 1.00. The van der Waals surface area contributed by atoms with Gasteiger partial charge in [0.1, 0.15) is 5.72 Å². The summed E-state index contributed by atoms with van der Waals surface area (Å²) in [7, 11) is 0. The van der Waals surface area contributed by atoms with Crippen LogP contribution in [-0.4, -0.2) is 28.6 Å². The van der Waals surface area contributed by atoms with Crippen molar-refractivity contribution in [2.45, 2.75) is 46.4 Å². The Hall–Kier alpha value is -0.160. The van der Waals surface area contributed by atoms with E-state index in [-0.39, 0.29) is 18.6 Å². The lowest BCUT2D eigenvalue weighted by atomic mass is 10.0. The van der Waals surface area contributed by atoms with Crippen LogP contribution in [0.1, 0.15) is 34.6 Å². The summed E-state index contributed by atoms with van der Waals surface area (Å²) >= 11 is 0. The molecule has 0 fully saturated rings. The molecule has 14 heavy (non-hydrogen) atoms. The van der Waals surface area contributed by atoms with E-state index in [4.69, 9.17) is 21.7 Å². The molecule has 88 valence electrons. The van der Waals surface area contributed by atoms with Crippen LogP contribution in [0.5, 0.6) is 0 Å². The van der Waals surface area contributed by atoms with E-state index in [1.54, 1.807) is 6.92 Å². The van der Waals surface area contributed by atoms with Crippen LogP contribution in [-0.2, 0) is 0 Å².